The first-order valence-corrected chi connectivity index (χ1v) is 7.26. The highest BCUT2D eigenvalue weighted by molar-refractivity contribution is 7.98. The average Bonchev–Trinajstić information content (AvgIpc) is 2.72. The number of aromatic nitrogens is 2. The van der Waals surface area contributed by atoms with Crippen molar-refractivity contribution in [2.75, 3.05) is 17.3 Å². The van der Waals surface area contributed by atoms with E-state index in [1.807, 2.05) is 18.4 Å². The summed E-state index contributed by atoms with van der Waals surface area (Å²) in [4.78, 5) is 9.54. The average molecular weight is 287 g/mol. The summed E-state index contributed by atoms with van der Waals surface area (Å²) in [5, 5.41) is 3.86. The molecule has 7 heteroatoms. The molecule has 3 N–H and O–H groups in total. The summed E-state index contributed by atoms with van der Waals surface area (Å²) < 4.78 is 0.786. The van der Waals surface area contributed by atoms with Gasteiger partial charge in [-0.05, 0) is 18.4 Å². The van der Waals surface area contributed by atoms with Gasteiger partial charge in [0.15, 0.2) is 5.16 Å². The summed E-state index contributed by atoms with van der Waals surface area (Å²) >= 11 is 8.86. The minimum atomic E-state index is 0.469. The van der Waals surface area contributed by atoms with Crippen molar-refractivity contribution in [3.8, 4) is 0 Å². The molecular formula is C10H11ClN4S2. The number of nitrogens with two attached hydrogens (primary N) is 1. The van der Waals surface area contributed by atoms with Crippen LogP contribution in [-0.2, 0) is 6.54 Å². The Labute approximate surface area is 113 Å². The van der Waals surface area contributed by atoms with E-state index in [0.29, 0.717) is 17.5 Å². The first-order chi connectivity index (χ1) is 8.17. The third-order valence-corrected chi connectivity index (χ3v) is 3.76. The van der Waals surface area contributed by atoms with Gasteiger partial charge in [0, 0.05) is 10.9 Å². The Morgan fingerprint density at radius 2 is 2.29 bits per heavy atom. The van der Waals surface area contributed by atoms with Crippen molar-refractivity contribution in [3.63, 3.8) is 0 Å². The van der Waals surface area contributed by atoms with Crippen LogP contribution in [0.25, 0.3) is 0 Å². The maximum atomic E-state index is 5.86. The zero-order valence-corrected chi connectivity index (χ0v) is 11.5. The minimum absolute atomic E-state index is 0.469. The molecule has 2 rings (SSSR count). The molecule has 0 amide bonds. The molecule has 4 nitrogen and oxygen atoms in total. The summed E-state index contributed by atoms with van der Waals surface area (Å²) in [6, 6.07) is 5.58. The summed E-state index contributed by atoms with van der Waals surface area (Å²) in [5.74, 6) is 1.20. The highest BCUT2D eigenvalue weighted by Gasteiger charge is 2.02. The van der Waals surface area contributed by atoms with Crippen LogP contribution in [0.1, 0.15) is 4.88 Å². The number of halogens is 1. The lowest BCUT2D eigenvalue weighted by atomic mass is 10.4. The number of anilines is 2. The van der Waals surface area contributed by atoms with Gasteiger partial charge >= 0.3 is 0 Å². The molecule has 90 valence electrons. The molecule has 0 unspecified atom stereocenters. The number of hydrogen-bond acceptors (Lipinski definition) is 6. The van der Waals surface area contributed by atoms with Gasteiger partial charge in [-0.25, -0.2) is 9.97 Å². The highest BCUT2D eigenvalue weighted by atomic mass is 35.5. The van der Waals surface area contributed by atoms with E-state index in [4.69, 9.17) is 17.3 Å². The summed E-state index contributed by atoms with van der Waals surface area (Å²) in [6.07, 6.45) is 1.91. The van der Waals surface area contributed by atoms with Gasteiger partial charge in [0.2, 0.25) is 0 Å². The third kappa shape index (κ3) is 3.49. The van der Waals surface area contributed by atoms with Crippen molar-refractivity contribution >= 4 is 46.3 Å². The Morgan fingerprint density at radius 3 is 2.94 bits per heavy atom. The van der Waals surface area contributed by atoms with Crippen molar-refractivity contribution in [2.45, 2.75) is 11.7 Å². The van der Waals surface area contributed by atoms with E-state index >= 15 is 0 Å². The van der Waals surface area contributed by atoms with Crippen molar-refractivity contribution in [1.29, 1.82) is 0 Å². The van der Waals surface area contributed by atoms with Crippen LogP contribution >= 0.6 is 34.7 Å². The molecule has 0 saturated heterocycles. The lowest BCUT2D eigenvalue weighted by molar-refractivity contribution is 0.967. The lowest BCUT2D eigenvalue weighted by Crippen LogP contribution is -2.03. The highest BCUT2D eigenvalue weighted by Crippen LogP contribution is 2.22. The molecule has 0 aliphatic carbocycles. The predicted octanol–water partition coefficient (Wildman–Crippen LogP) is 3.11. The third-order valence-electron chi connectivity index (χ3n) is 1.98. The van der Waals surface area contributed by atoms with Crippen molar-refractivity contribution in [2.24, 2.45) is 0 Å². The van der Waals surface area contributed by atoms with Crippen LogP contribution in [0, 0.1) is 0 Å². The topological polar surface area (TPSA) is 63.8 Å². The van der Waals surface area contributed by atoms with Crippen LogP contribution in [0.5, 0.6) is 0 Å². The SMILES string of the molecule is CSc1nc(N)cc(NCc2ccc(Cl)s2)n1. The Bertz CT molecular complexity index is 515. The fourth-order valence-electron chi connectivity index (χ4n) is 1.25. The zero-order chi connectivity index (χ0) is 12.3. The van der Waals surface area contributed by atoms with Crippen LogP contribution in [-0.4, -0.2) is 16.2 Å². The molecule has 0 aromatic carbocycles. The van der Waals surface area contributed by atoms with Gasteiger partial charge in [0.25, 0.3) is 0 Å². The van der Waals surface area contributed by atoms with E-state index in [0.717, 1.165) is 15.0 Å². The van der Waals surface area contributed by atoms with Crippen LogP contribution in [0.4, 0.5) is 11.6 Å². The Balaban J connectivity index is 2.05. The maximum absolute atomic E-state index is 5.86. The van der Waals surface area contributed by atoms with Gasteiger partial charge in [-0.1, -0.05) is 23.4 Å². The molecule has 17 heavy (non-hydrogen) atoms. The Kier molecular flexibility index (Phi) is 4.09. The number of nitrogens with zero attached hydrogens (tertiary/aromatic N) is 2. The van der Waals surface area contributed by atoms with Gasteiger partial charge in [-0.3, -0.25) is 0 Å². The first kappa shape index (κ1) is 12.5. The Morgan fingerprint density at radius 1 is 1.47 bits per heavy atom. The monoisotopic (exact) mass is 286 g/mol. The normalized spacial score (nSPS) is 10.5. The largest absolute Gasteiger partial charge is 0.383 e. The molecule has 0 radical (unpaired) electrons. The first-order valence-electron chi connectivity index (χ1n) is 4.84. The number of thioether (sulfide) groups is 1. The van der Waals surface area contributed by atoms with E-state index in [1.165, 1.54) is 11.8 Å². The molecule has 0 aliphatic heterocycles. The van der Waals surface area contributed by atoms with E-state index in [1.54, 1.807) is 17.4 Å². The molecule has 2 aromatic rings. The van der Waals surface area contributed by atoms with E-state index in [2.05, 4.69) is 15.3 Å². The fourth-order valence-corrected chi connectivity index (χ4v) is 2.66. The summed E-state index contributed by atoms with van der Waals surface area (Å²) in [7, 11) is 0. The van der Waals surface area contributed by atoms with Crippen LogP contribution in [0.15, 0.2) is 23.4 Å². The number of hydrogen-bond donors (Lipinski definition) is 2. The molecule has 2 heterocycles. The fraction of sp³-hybridized carbons (Fsp3) is 0.200. The smallest absolute Gasteiger partial charge is 0.191 e. The Hall–Kier alpha value is -0.980. The molecule has 0 bridgehead atoms. The minimum Gasteiger partial charge on any atom is -0.383 e. The van der Waals surface area contributed by atoms with Crippen LogP contribution in [0.3, 0.4) is 0 Å². The second-order valence-electron chi connectivity index (χ2n) is 3.22. The van der Waals surface area contributed by atoms with Gasteiger partial charge < -0.3 is 11.1 Å². The van der Waals surface area contributed by atoms with Crippen LogP contribution in [0.2, 0.25) is 4.34 Å². The second kappa shape index (κ2) is 5.57. The summed E-state index contributed by atoms with van der Waals surface area (Å²) in [6.45, 7) is 0.682. The van der Waals surface area contributed by atoms with E-state index in [-0.39, 0.29) is 0 Å². The molecule has 0 spiro atoms. The number of thiophene rings is 1. The maximum Gasteiger partial charge on any atom is 0.191 e. The predicted molar refractivity (Wildman–Crippen MR) is 74.9 cm³/mol. The van der Waals surface area contributed by atoms with Crippen molar-refractivity contribution < 1.29 is 0 Å². The van der Waals surface area contributed by atoms with Gasteiger partial charge in [0.05, 0.1) is 10.9 Å². The van der Waals surface area contributed by atoms with E-state index in [9.17, 15) is 0 Å². The van der Waals surface area contributed by atoms with Crippen LogP contribution < -0.4 is 11.1 Å². The standard InChI is InChI=1S/C10H11ClN4S2/c1-16-10-14-8(12)4-9(15-10)13-5-6-2-3-7(11)17-6/h2-4H,5H2,1H3,(H3,12,13,14,15). The molecule has 2 aromatic heterocycles. The van der Waals surface area contributed by atoms with Gasteiger partial charge in [-0.2, -0.15) is 0 Å². The molecular weight excluding hydrogens is 276 g/mol. The van der Waals surface area contributed by atoms with Gasteiger partial charge in [-0.15, -0.1) is 11.3 Å². The molecule has 0 aliphatic rings. The zero-order valence-electron chi connectivity index (χ0n) is 9.11. The number of rotatable bonds is 4. The van der Waals surface area contributed by atoms with Crippen molar-refractivity contribution in [1.82, 2.24) is 9.97 Å². The number of nitrogens with one attached hydrogen (secondary N) is 1. The molecule has 0 atom stereocenters. The van der Waals surface area contributed by atoms with E-state index < -0.39 is 0 Å². The lowest BCUT2D eigenvalue weighted by Gasteiger charge is -2.06. The summed E-state index contributed by atoms with van der Waals surface area (Å²) in [5.41, 5.74) is 5.69. The quantitative estimate of drug-likeness (QED) is 0.668. The molecule has 0 saturated carbocycles. The molecule has 0 fully saturated rings. The van der Waals surface area contributed by atoms with Gasteiger partial charge in [0.1, 0.15) is 11.6 Å². The van der Waals surface area contributed by atoms with Crippen molar-refractivity contribution in [3.05, 3.63) is 27.4 Å². The number of nitrogen functional groups attached to an aromatic ring is 1. The second-order valence-corrected chi connectivity index (χ2v) is 5.80.